The second-order valence-corrected chi connectivity index (χ2v) is 6.25. The average Bonchev–Trinajstić information content (AvgIpc) is 2.38. The number of hydrogen-bond donors (Lipinski definition) is 1. The van der Waals surface area contributed by atoms with Gasteiger partial charge in [-0.05, 0) is 54.6 Å². The molecule has 0 spiro atoms. The maximum atomic E-state index is 12.7. The molecule has 0 radical (unpaired) electrons. The molecule has 0 bridgehead atoms. The van der Waals surface area contributed by atoms with Gasteiger partial charge in [-0.2, -0.15) is 0 Å². The number of amides is 2. The van der Waals surface area contributed by atoms with Crippen LogP contribution in [0.4, 0.5) is 0 Å². The van der Waals surface area contributed by atoms with E-state index in [1.54, 1.807) is 23.1 Å². The lowest BCUT2D eigenvalue weighted by Gasteiger charge is -2.39. The zero-order chi connectivity index (χ0) is 14.9. The summed E-state index contributed by atoms with van der Waals surface area (Å²) in [4.78, 5) is 26.0. The highest BCUT2D eigenvalue weighted by Gasteiger charge is 2.31. The van der Waals surface area contributed by atoms with Gasteiger partial charge < -0.3 is 15.4 Å². The molecule has 5 nitrogen and oxygen atoms in total. The zero-order valence-corrected chi connectivity index (χ0v) is 13.6. The van der Waals surface area contributed by atoms with E-state index in [9.17, 15) is 9.59 Å². The molecule has 2 N–H and O–H groups in total. The minimum atomic E-state index is -0.583. The van der Waals surface area contributed by atoms with E-state index in [1.165, 1.54) is 0 Å². The third kappa shape index (κ3) is 2.95. The Morgan fingerprint density at radius 1 is 1.25 bits per heavy atom. The Hall–Kier alpha value is -1.15. The normalized spacial score (nSPS) is 22.6. The number of nitrogens with two attached hydrogens (primary N) is 1. The first kappa shape index (κ1) is 15.2. The quantitative estimate of drug-likeness (QED) is 0.784. The van der Waals surface area contributed by atoms with Gasteiger partial charge in [-0.1, -0.05) is 0 Å². The van der Waals surface area contributed by atoms with E-state index >= 15 is 0 Å². The molecular formula is C14H17IN2O3. The van der Waals surface area contributed by atoms with Crippen LogP contribution >= 0.6 is 22.6 Å². The molecular weight excluding hydrogens is 371 g/mol. The smallest absolute Gasteiger partial charge is 0.255 e. The van der Waals surface area contributed by atoms with E-state index in [2.05, 4.69) is 22.6 Å². The number of carbonyl (C=O) groups is 2. The molecule has 1 aliphatic rings. The van der Waals surface area contributed by atoms with Crippen molar-refractivity contribution in [2.75, 3.05) is 13.2 Å². The molecule has 2 amide bonds. The summed E-state index contributed by atoms with van der Waals surface area (Å²) in [7, 11) is 0. The van der Waals surface area contributed by atoms with Gasteiger partial charge in [0.05, 0.1) is 36.4 Å². The number of carbonyl (C=O) groups excluding carboxylic acids is 2. The van der Waals surface area contributed by atoms with Crippen LogP contribution in [0, 0.1) is 3.57 Å². The fraction of sp³-hybridized carbons (Fsp3) is 0.429. The number of nitrogens with zero attached hydrogens (tertiary/aromatic N) is 1. The minimum Gasteiger partial charge on any atom is -0.377 e. The second-order valence-electron chi connectivity index (χ2n) is 5.00. The van der Waals surface area contributed by atoms with Crippen LogP contribution in [0.3, 0.4) is 0 Å². The van der Waals surface area contributed by atoms with Gasteiger partial charge in [0.25, 0.3) is 5.91 Å². The summed E-state index contributed by atoms with van der Waals surface area (Å²) in [5, 5.41) is 0. The number of halogens is 1. The van der Waals surface area contributed by atoms with E-state index in [0.29, 0.717) is 18.8 Å². The van der Waals surface area contributed by atoms with E-state index in [1.807, 2.05) is 13.8 Å². The van der Waals surface area contributed by atoms with E-state index in [-0.39, 0.29) is 23.6 Å². The first-order valence-corrected chi connectivity index (χ1v) is 7.49. The van der Waals surface area contributed by atoms with Crippen LogP contribution in [0.2, 0.25) is 0 Å². The van der Waals surface area contributed by atoms with E-state index < -0.39 is 5.91 Å². The Morgan fingerprint density at radius 3 is 2.40 bits per heavy atom. The van der Waals surface area contributed by atoms with E-state index in [0.717, 1.165) is 3.57 Å². The number of hydrogen-bond acceptors (Lipinski definition) is 3. The molecule has 0 aliphatic carbocycles. The van der Waals surface area contributed by atoms with Crippen LogP contribution in [-0.4, -0.2) is 42.0 Å². The molecule has 2 atom stereocenters. The zero-order valence-electron chi connectivity index (χ0n) is 11.4. The van der Waals surface area contributed by atoms with Crippen molar-refractivity contribution < 1.29 is 14.3 Å². The van der Waals surface area contributed by atoms with Crippen molar-refractivity contribution in [3.8, 4) is 0 Å². The number of benzene rings is 1. The Kier molecular flexibility index (Phi) is 4.64. The summed E-state index contributed by atoms with van der Waals surface area (Å²) in [6.07, 6.45) is 0. The van der Waals surface area contributed by atoms with Crippen molar-refractivity contribution in [1.29, 1.82) is 0 Å². The third-order valence-corrected chi connectivity index (χ3v) is 4.05. The summed E-state index contributed by atoms with van der Waals surface area (Å²) < 4.78 is 6.29. The van der Waals surface area contributed by atoms with Crippen molar-refractivity contribution in [3.05, 3.63) is 32.9 Å². The van der Waals surface area contributed by atoms with Gasteiger partial charge in [-0.25, -0.2) is 0 Å². The highest BCUT2D eigenvalue weighted by molar-refractivity contribution is 14.1. The van der Waals surface area contributed by atoms with Crippen LogP contribution < -0.4 is 5.73 Å². The molecule has 1 aliphatic heterocycles. The molecule has 0 aromatic heterocycles. The van der Waals surface area contributed by atoms with Crippen molar-refractivity contribution in [3.63, 3.8) is 0 Å². The number of primary amides is 1. The molecule has 6 heteroatoms. The molecule has 2 rings (SSSR count). The van der Waals surface area contributed by atoms with Crippen LogP contribution in [-0.2, 0) is 4.74 Å². The summed E-state index contributed by atoms with van der Waals surface area (Å²) in [6.45, 7) is 4.88. The van der Waals surface area contributed by atoms with Crippen molar-refractivity contribution in [2.45, 2.75) is 25.9 Å². The summed E-state index contributed by atoms with van der Waals surface area (Å²) in [5.41, 5.74) is 6.01. The summed E-state index contributed by atoms with van der Waals surface area (Å²) in [5.74, 6) is -0.751. The summed E-state index contributed by atoms with van der Waals surface area (Å²) >= 11 is 2.09. The predicted octanol–water partition coefficient (Wildman–Crippen LogP) is 1.64. The Labute approximate surface area is 131 Å². The second kappa shape index (κ2) is 6.09. The standard InChI is InChI=1S/C14H17IN2O3/c1-8-6-20-7-9(2)17(8)14(19)11-4-3-10(15)5-12(11)13(16)18/h3-5,8-9H,6-7H2,1-2H3,(H2,16,18). The molecule has 1 saturated heterocycles. The Balaban J connectivity index is 2.40. The van der Waals surface area contributed by atoms with Crippen LogP contribution in [0.1, 0.15) is 34.6 Å². The molecule has 0 saturated carbocycles. The topological polar surface area (TPSA) is 72.6 Å². The van der Waals surface area contributed by atoms with Gasteiger partial charge in [0, 0.05) is 3.57 Å². The van der Waals surface area contributed by atoms with Crippen molar-refractivity contribution >= 4 is 34.4 Å². The van der Waals surface area contributed by atoms with Gasteiger partial charge in [0.15, 0.2) is 0 Å². The Morgan fingerprint density at radius 2 is 1.85 bits per heavy atom. The van der Waals surface area contributed by atoms with Crippen LogP contribution in [0.5, 0.6) is 0 Å². The first-order valence-electron chi connectivity index (χ1n) is 6.41. The molecule has 1 aromatic rings. The van der Waals surface area contributed by atoms with Crippen molar-refractivity contribution in [2.24, 2.45) is 5.73 Å². The van der Waals surface area contributed by atoms with Crippen LogP contribution in [0.25, 0.3) is 0 Å². The monoisotopic (exact) mass is 388 g/mol. The summed E-state index contributed by atoms with van der Waals surface area (Å²) in [6, 6.07) is 5.07. The highest BCUT2D eigenvalue weighted by Crippen LogP contribution is 2.21. The number of morpholine rings is 1. The number of rotatable bonds is 2. The van der Waals surface area contributed by atoms with Crippen LogP contribution in [0.15, 0.2) is 18.2 Å². The lowest BCUT2D eigenvalue weighted by Crippen LogP contribution is -2.52. The predicted molar refractivity (Wildman–Crippen MR) is 83.6 cm³/mol. The molecule has 20 heavy (non-hydrogen) atoms. The fourth-order valence-corrected chi connectivity index (χ4v) is 2.94. The molecule has 1 aromatic carbocycles. The molecule has 2 unspecified atom stereocenters. The SMILES string of the molecule is CC1COCC(C)N1C(=O)c1ccc(I)cc1C(N)=O. The third-order valence-electron chi connectivity index (χ3n) is 3.38. The van der Waals surface area contributed by atoms with Gasteiger partial charge in [-0.15, -0.1) is 0 Å². The molecule has 1 heterocycles. The van der Waals surface area contributed by atoms with Gasteiger partial charge in [-0.3, -0.25) is 9.59 Å². The number of ether oxygens (including phenoxy) is 1. The highest BCUT2D eigenvalue weighted by atomic mass is 127. The van der Waals surface area contributed by atoms with E-state index in [4.69, 9.17) is 10.5 Å². The maximum Gasteiger partial charge on any atom is 0.255 e. The molecule has 108 valence electrons. The van der Waals surface area contributed by atoms with Gasteiger partial charge in [0.1, 0.15) is 0 Å². The lowest BCUT2D eigenvalue weighted by molar-refractivity contribution is -0.0250. The maximum absolute atomic E-state index is 12.7. The van der Waals surface area contributed by atoms with Gasteiger partial charge >= 0.3 is 0 Å². The lowest BCUT2D eigenvalue weighted by atomic mass is 10.0. The fourth-order valence-electron chi connectivity index (χ4n) is 2.45. The van der Waals surface area contributed by atoms with Crippen molar-refractivity contribution in [1.82, 2.24) is 4.90 Å². The Bertz CT molecular complexity index is 537. The van der Waals surface area contributed by atoms with Gasteiger partial charge in [0.2, 0.25) is 5.91 Å². The average molecular weight is 388 g/mol. The first-order chi connectivity index (χ1) is 9.41. The largest absolute Gasteiger partial charge is 0.377 e. The molecule has 1 fully saturated rings. The minimum absolute atomic E-state index is 0.0220.